The maximum absolute atomic E-state index is 13.7. The molecule has 0 radical (unpaired) electrons. The van der Waals surface area contributed by atoms with Crippen LogP contribution in [0.5, 0.6) is 0 Å². The summed E-state index contributed by atoms with van der Waals surface area (Å²) in [6.45, 7) is -0.611. The topological polar surface area (TPSA) is 139 Å². The average molecular weight is 303 g/mol. The lowest BCUT2D eigenvalue weighted by Crippen LogP contribution is -2.47. The van der Waals surface area contributed by atoms with Crippen LogP contribution in [0.4, 0.5) is 13.6 Å². The first kappa shape index (κ1) is 15.5. The summed E-state index contributed by atoms with van der Waals surface area (Å²) in [7, 11) is -5.12. The fourth-order valence-corrected chi connectivity index (χ4v) is 1.83. The first-order chi connectivity index (χ1) is 8.53. The van der Waals surface area contributed by atoms with Crippen LogP contribution in [0.2, 0.25) is 0 Å². The molecule has 9 nitrogen and oxygen atoms in total. The van der Waals surface area contributed by atoms with E-state index in [4.69, 9.17) is 10.3 Å². The molecular weight excluding hydrogens is 292 g/mol. The molecule has 3 amide bonds. The monoisotopic (exact) mass is 303 g/mol. The molecule has 4 N–H and O–H groups in total. The molecule has 0 aliphatic carbocycles. The quantitative estimate of drug-likeness (QED) is 0.539. The predicted octanol–water partition coefficient (Wildman–Crippen LogP) is -0.985. The van der Waals surface area contributed by atoms with Crippen LogP contribution in [0.15, 0.2) is 0 Å². The molecule has 1 fully saturated rings. The van der Waals surface area contributed by atoms with Gasteiger partial charge in [0.15, 0.2) is 0 Å². The van der Waals surface area contributed by atoms with Crippen LogP contribution in [0.3, 0.4) is 0 Å². The van der Waals surface area contributed by atoms with Gasteiger partial charge in [-0.2, -0.15) is 13.5 Å². The average Bonchev–Trinajstić information content (AvgIpc) is 2.56. The smallest absolute Gasteiger partial charge is 0.370 e. The van der Waals surface area contributed by atoms with Gasteiger partial charge in [-0.05, 0) is 0 Å². The lowest BCUT2D eigenvalue weighted by Gasteiger charge is -2.27. The molecule has 110 valence electrons. The summed E-state index contributed by atoms with van der Waals surface area (Å²) in [5.41, 5.74) is 4.73. The molecule has 1 aliphatic rings. The van der Waals surface area contributed by atoms with E-state index in [-0.39, 0.29) is 5.06 Å². The number of carbonyl (C=O) groups excluding carboxylic acids is 2. The molecule has 1 rings (SSSR count). The maximum atomic E-state index is 13.7. The molecule has 0 aromatic rings. The largest absolute Gasteiger partial charge is 0.418 e. The van der Waals surface area contributed by atoms with E-state index < -0.39 is 53.7 Å². The molecule has 0 aromatic carbocycles. The van der Waals surface area contributed by atoms with Crippen molar-refractivity contribution in [3.05, 3.63) is 0 Å². The van der Waals surface area contributed by atoms with E-state index in [1.165, 1.54) is 0 Å². The number of alkyl halides is 2. The summed E-state index contributed by atoms with van der Waals surface area (Å²) >= 11 is 0. The highest BCUT2D eigenvalue weighted by Gasteiger charge is 2.50. The van der Waals surface area contributed by atoms with E-state index >= 15 is 0 Å². The number of halogens is 2. The molecule has 1 saturated heterocycles. The van der Waals surface area contributed by atoms with Crippen LogP contribution < -0.4 is 11.1 Å². The van der Waals surface area contributed by atoms with Crippen molar-refractivity contribution in [3.8, 4) is 0 Å². The zero-order valence-electron chi connectivity index (χ0n) is 9.38. The normalized spacial score (nSPS) is 20.5. The minimum Gasteiger partial charge on any atom is -0.370 e. The van der Waals surface area contributed by atoms with Crippen LogP contribution >= 0.6 is 0 Å². The van der Waals surface area contributed by atoms with Crippen molar-refractivity contribution in [2.75, 3.05) is 6.54 Å². The minimum atomic E-state index is -5.12. The highest BCUT2D eigenvalue weighted by molar-refractivity contribution is 7.80. The van der Waals surface area contributed by atoms with Crippen molar-refractivity contribution >= 4 is 22.3 Å². The summed E-state index contributed by atoms with van der Waals surface area (Å²) in [5.74, 6) is -4.60. The third-order valence-corrected chi connectivity index (χ3v) is 2.65. The van der Waals surface area contributed by atoms with E-state index in [0.717, 1.165) is 0 Å². The second-order valence-electron chi connectivity index (χ2n) is 3.76. The van der Waals surface area contributed by atoms with Gasteiger partial charge in [0.1, 0.15) is 6.04 Å². The molecule has 12 heteroatoms. The second kappa shape index (κ2) is 5.22. The summed E-state index contributed by atoms with van der Waals surface area (Å²) in [5, 5.41) is 1.74. The van der Waals surface area contributed by atoms with Gasteiger partial charge in [-0.1, -0.05) is 0 Å². The Labute approximate surface area is 106 Å². The predicted molar refractivity (Wildman–Crippen MR) is 55.0 cm³/mol. The van der Waals surface area contributed by atoms with Crippen molar-refractivity contribution in [1.29, 1.82) is 0 Å². The molecule has 19 heavy (non-hydrogen) atoms. The third kappa shape index (κ3) is 4.25. The highest BCUT2D eigenvalue weighted by Crippen LogP contribution is 2.31. The summed E-state index contributed by atoms with van der Waals surface area (Å²) in [4.78, 5) is 21.6. The SMILES string of the molecule is NC(=O)CCC(F)(F)C1CNC(=O)N1OS(=O)(=O)O. The van der Waals surface area contributed by atoms with Gasteiger partial charge in [0, 0.05) is 19.4 Å². The molecule has 1 atom stereocenters. The van der Waals surface area contributed by atoms with Gasteiger partial charge in [-0.25, -0.2) is 13.6 Å². The number of amides is 3. The Balaban J connectivity index is 2.84. The summed E-state index contributed by atoms with van der Waals surface area (Å²) < 4.78 is 60.5. The number of carbonyl (C=O) groups is 2. The second-order valence-corrected chi connectivity index (χ2v) is 4.76. The van der Waals surface area contributed by atoms with Gasteiger partial charge in [0.2, 0.25) is 5.91 Å². The van der Waals surface area contributed by atoms with Gasteiger partial charge in [-0.3, -0.25) is 9.35 Å². The number of nitrogens with one attached hydrogen (secondary N) is 1. The van der Waals surface area contributed by atoms with Crippen LogP contribution in [-0.4, -0.2) is 48.5 Å². The highest BCUT2D eigenvalue weighted by atomic mass is 32.3. The van der Waals surface area contributed by atoms with Gasteiger partial charge < -0.3 is 11.1 Å². The van der Waals surface area contributed by atoms with E-state index in [2.05, 4.69) is 4.28 Å². The Bertz CT molecular complexity index is 481. The lowest BCUT2D eigenvalue weighted by molar-refractivity contribution is -0.142. The first-order valence-corrected chi connectivity index (χ1v) is 6.29. The van der Waals surface area contributed by atoms with E-state index in [9.17, 15) is 26.8 Å². The van der Waals surface area contributed by atoms with Crippen molar-refractivity contribution < 1.29 is 35.6 Å². The Kier molecular flexibility index (Phi) is 4.27. The Morgan fingerprint density at radius 3 is 2.68 bits per heavy atom. The van der Waals surface area contributed by atoms with E-state index in [1.54, 1.807) is 0 Å². The number of hydroxylamine groups is 2. The Hall–Kier alpha value is -1.53. The number of hydrogen-bond donors (Lipinski definition) is 3. The molecule has 0 saturated carbocycles. The standard InChI is InChI=1S/C7H11F2N3O6S/c8-7(9,2-1-5(10)13)4-3-11-6(14)12(4)18-19(15,16)17/h4H,1-3H2,(H2,10,13)(H,11,14)(H,15,16,17). The minimum absolute atomic E-state index is 0.184. The van der Waals surface area contributed by atoms with Crippen LogP contribution in [0, 0.1) is 0 Å². The van der Waals surface area contributed by atoms with E-state index in [1.807, 2.05) is 5.32 Å². The van der Waals surface area contributed by atoms with Gasteiger partial charge in [0.05, 0.1) is 0 Å². The van der Waals surface area contributed by atoms with E-state index in [0.29, 0.717) is 0 Å². The fourth-order valence-electron chi connectivity index (χ4n) is 1.45. The molecular formula is C7H11F2N3O6S. The molecule has 1 heterocycles. The van der Waals surface area contributed by atoms with Crippen molar-refractivity contribution in [2.24, 2.45) is 5.73 Å². The van der Waals surface area contributed by atoms with Crippen molar-refractivity contribution in [1.82, 2.24) is 10.4 Å². The Morgan fingerprint density at radius 1 is 1.63 bits per heavy atom. The van der Waals surface area contributed by atoms with Crippen LogP contribution in [-0.2, 0) is 19.5 Å². The molecule has 1 unspecified atom stereocenters. The first-order valence-electron chi connectivity index (χ1n) is 4.93. The van der Waals surface area contributed by atoms with Gasteiger partial charge >= 0.3 is 16.4 Å². The summed E-state index contributed by atoms with van der Waals surface area (Å²) in [6, 6.07) is -3.23. The number of primary amides is 1. The zero-order chi connectivity index (χ0) is 14.8. The third-order valence-electron chi connectivity index (χ3n) is 2.30. The van der Waals surface area contributed by atoms with Crippen molar-refractivity contribution in [3.63, 3.8) is 0 Å². The molecule has 0 bridgehead atoms. The molecule has 1 aliphatic heterocycles. The number of nitrogens with two attached hydrogens (primary N) is 1. The number of urea groups is 1. The fraction of sp³-hybridized carbons (Fsp3) is 0.714. The van der Waals surface area contributed by atoms with Crippen molar-refractivity contribution in [2.45, 2.75) is 24.8 Å². The van der Waals surface area contributed by atoms with Crippen LogP contribution in [0.1, 0.15) is 12.8 Å². The number of hydrogen-bond acceptors (Lipinski definition) is 5. The molecule has 0 aromatic heterocycles. The summed E-state index contributed by atoms with van der Waals surface area (Å²) in [6.07, 6.45) is -1.65. The van der Waals surface area contributed by atoms with Gasteiger partial charge in [0.25, 0.3) is 5.92 Å². The zero-order valence-corrected chi connectivity index (χ0v) is 10.2. The van der Waals surface area contributed by atoms with Gasteiger partial charge in [-0.15, -0.1) is 4.28 Å². The Morgan fingerprint density at radius 2 is 2.21 bits per heavy atom. The maximum Gasteiger partial charge on any atom is 0.418 e. The number of nitrogens with zero attached hydrogens (tertiary/aromatic N) is 1. The lowest BCUT2D eigenvalue weighted by atomic mass is 10.1. The molecule has 0 spiro atoms. The van der Waals surface area contributed by atoms with Crippen LogP contribution in [0.25, 0.3) is 0 Å². The number of rotatable bonds is 6.